The maximum Gasteiger partial charge on any atom is 0.358 e. The Kier molecular flexibility index (Phi) is 3.70. The van der Waals surface area contributed by atoms with Gasteiger partial charge < -0.3 is 14.7 Å². The van der Waals surface area contributed by atoms with Crippen LogP contribution in [-0.2, 0) is 4.74 Å². The number of carbonyl (C=O) groups is 1. The molecule has 0 saturated carbocycles. The molecule has 1 N–H and O–H groups in total. The Hall–Kier alpha value is -2.21. The van der Waals surface area contributed by atoms with Gasteiger partial charge in [-0.2, -0.15) is 0 Å². The zero-order valence-electron chi connectivity index (χ0n) is 11.8. The lowest BCUT2D eigenvalue weighted by Crippen LogP contribution is -2.37. The van der Waals surface area contributed by atoms with E-state index in [1.807, 2.05) is 36.2 Å². The zero-order valence-corrected chi connectivity index (χ0v) is 11.8. The number of ether oxygens (including phenoxy) is 1. The number of aromatic carboxylic acids is 1. The predicted octanol–water partition coefficient (Wildman–Crippen LogP) is 1.94. The minimum Gasteiger partial charge on any atom is -0.476 e. The summed E-state index contributed by atoms with van der Waals surface area (Å²) in [6.45, 7) is 1.40. The van der Waals surface area contributed by atoms with Gasteiger partial charge in [0.15, 0.2) is 5.69 Å². The number of carboxylic acid groups (broad SMARTS) is 1. The molecule has 2 heterocycles. The number of aromatic nitrogens is 2. The highest BCUT2D eigenvalue weighted by Crippen LogP contribution is 2.30. The van der Waals surface area contributed by atoms with Gasteiger partial charge in [0.05, 0.1) is 11.2 Å². The molecular weight excluding hydrogens is 270 g/mol. The number of hydrogen-bond donors (Lipinski definition) is 1. The van der Waals surface area contributed by atoms with E-state index in [4.69, 9.17) is 4.74 Å². The second kappa shape index (κ2) is 5.65. The standard InChI is InChI=1S/C15H17N3O3/c1-18(10-6-8-21-9-7-10)14-11-4-2-3-5-12(11)16-17-13(14)15(19)20/h2-5,10H,6-9H2,1H3,(H,19,20). The van der Waals surface area contributed by atoms with Crippen LogP contribution >= 0.6 is 0 Å². The average molecular weight is 287 g/mol. The predicted molar refractivity (Wildman–Crippen MR) is 78.7 cm³/mol. The lowest BCUT2D eigenvalue weighted by molar-refractivity contribution is 0.0689. The third-order valence-electron chi connectivity index (χ3n) is 3.94. The van der Waals surface area contributed by atoms with Gasteiger partial charge >= 0.3 is 5.97 Å². The van der Waals surface area contributed by atoms with Crippen molar-refractivity contribution < 1.29 is 14.6 Å². The fourth-order valence-corrected chi connectivity index (χ4v) is 2.80. The van der Waals surface area contributed by atoms with Crippen molar-refractivity contribution in [3.63, 3.8) is 0 Å². The lowest BCUT2D eigenvalue weighted by atomic mass is 10.0. The number of hydrogen-bond acceptors (Lipinski definition) is 5. The van der Waals surface area contributed by atoms with Crippen molar-refractivity contribution >= 4 is 22.6 Å². The highest BCUT2D eigenvalue weighted by Gasteiger charge is 2.25. The summed E-state index contributed by atoms with van der Waals surface area (Å²) in [7, 11) is 1.92. The van der Waals surface area contributed by atoms with E-state index in [1.54, 1.807) is 0 Å². The quantitative estimate of drug-likeness (QED) is 0.929. The first kappa shape index (κ1) is 13.8. The molecule has 2 aromatic rings. The van der Waals surface area contributed by atoms with Gasteiger partial charge in [0.1, 0.15) is 0 Å². The molecule has 1 fully saturated rings. The van der Waals surface area contributed by atoms with Crippen LogP contribution in [0.15, 0.2) is 24.3 Å². The second-order valence-electron chi connectivity index (χ2n) is 5.17. The fraction of sp³-hybridized carbons (Fsp3) is 0.400. The molecule has 0 amide bonds. The SMILES string of the molecule is CN(c1c(C(=O)O)nnc2ccccc12)C1CCOCC1. The molecule has 0 bridgehead atoms. The van der Waals surface area contributed by atoms with E-state index >= 15 is 0 Å². The summed E-state index contributed by atoms with van der Waals surface area (Å²) in [6, 6.07) is 7.74. The van der Waals surface area contributed by atoms with Crippen LogP contribution in [0.4, 0.5) is 5.69 Å². The van der Waals surface area contributed by atoms with Crippen LogP contribution in [0.1, 0.15) is 23.3 Å². The number of carboxylic acids is 1. The van der Waals surface area contributed by atoms with E-state index in [1.165, 1.54) is 0 Å². The van der Waals surface area contributed by atoms with Crippen LogP contribution in [0.3, 0.4) is 0 Å². The molecule has 1 aliphatic rings. The van der Waals surface area contributed by atoms with E-state index < -0.39 is 5.97 Å². The van der Waals surface area contributed by atoms with E-state index in [2.05, 4.69) is 10.2 Å². The maximum absolute atomic E-state index is 11.5. The normalized spacial score (nSPS) is 16.0. The van der Waals surface area contributed by atoms with Gasteiger partial charge in [-0.05, 0) is 18.9 Å². The van der Waals surface area contributed by atoms with E-state index in [9.17, 15) is 9.90 Å². The number of anilines is 1. The van der Waals surface area contributed by atoms with Gasteiger partial charge in [-0.15, -0.1) is 10.2 Å². The average Bonchev–Trinajstić information content (AvgIpc) is 2.53. The first-order chi connectivity index (χ1) is 10.2. The largest absolute Gasteiger partial charge is 0.476 e. The van der Waals surface area contributed by atoms with E-state index in [0.29, 0.717) is 24.4 Å². The summed E-state index contributed by atoms with van der Waals surface area (Å²) in [5, 5.41) is 18.1. The second-order valence-corrected chi connectivity index (χ2v) is 5.17. The van der Waals surface area contributed by atoms with Crippen LogP contribution in [0.2, 0.25) is 0 Å². The molecule has 0 radical (unpaired) electrons. The summed E-state index contributed by atoms with van der Waals surface area (Å²) < 4.78 is 5.38. The van der Waals surface area contributed by atoms with E-state index in [-0.39, 0.29) is 11.7 Å². The molecule has 1 saturated heterocycles. The molecule has 3 rings (SSSR count). The summed E-state index contributed by atoms with van der Waals surface area (Å²) in [5.41, 5.74) is 1.35. The summed E-state index contributed by atoms with van der Waals surface area (Å²) in [6.07, 6.45) is 1.76. The molecule has 6 nitrogen and oxygen atoms in total. The minimum atomic E-state index is -1.05. The first-order valence-electron chi connectivity index (χ1n) is 6.98. The molecule has 1 aromatic heterocycles. The monoisotopic (exact) mass is 287 g/mol. The lowest BCUT2D eigenvalue weighted by Gasteiger charge is -2.33. The van der Waals surface area contributed by atoms with Crippen LogP contribution in [0, 0.1) is 0 Å². The smallest absolute Gasteiger partial charge is 0.358 e. The van der Waals surface area contributed by atoms with Crippen molar-refractivity contribution in [2.75, 3.05) is 25.2 Å². The highest BCUT2D eigenvalue weighted by atomic mass is 16.5. The van der Waals surface area contributed by atoms with Gasteiger partial charge in [-0.3, -0.25) is 0 Å². The number of rotatable bonds is 3. The van der Waals surface area contributed by atoms with E-state index in [0.717, 1.165) is 18.2 Å². The number of benzene rings is 1. The van der Waals surface area contributed by atoms with Crippen LogP contribution in [0.5, 0.6) is 0 Å². The van der Waals surface area contributed by atoms with Crippen molar-refractivity contribution in [2.45, 2.75) is 18.9 Å². The molecule has 0 aliphatic carbocycles. The number of nitrogens with zero attached hydrogens (tertiary/aromatic N) is 3. The zero-order chi connectivity index (χ0) is 14.8. The Bertz CT molecular complexity index is 668. The Morgan fingerprint density at radius 3 is 2.71 bits per heavy atom. The van der Waals surface area contributed by atoms with Gasteiger partial charge in [0.2, 0.25) is 0 Å². The molecule has 6 heteroatoms. The van der Waals surface area contributed by atoms with Crippen molar-refractivity contribution in [3.8, 4) is 0 Å². The molecule has 1 aliphatic heterocycles. The molecule has 0 unspecified atom stereocenters. The highest BCUT2D eigenvalue weighted by molar-refractivity contribution is 6.02. The van der Waals surface area contributed by atoms with Crippen LogP contribution < -0.4 is 4.90 Å². The fourth-order valence-electron chi connectivity index (χ4n) is 2.80. The van der Waals surface area contributed by atoms with Gasteiger partial charge in [-0.1, -0.05) is 18.2 Å². The summed E-state index contributed by atoms with van der Waals surface area (Å²) >= 11 is 0. The third kappa shape index (κ3) is 2.54. The summed E-state index contributed by atoms with van der Waals surface area (Å²) in [5.74, 6) is -1.05. The molecule has 21 heavy (non-hydrogen) atoms. The topological polar surface area (TPSA) is 75.6 Å². The molecule has 0 atom stereocenters. The van der Waals surface area contributed by atoms with Gasteiger partial charge in [-0.25, -0.2) is 4.79 Å². The van der Waals surface area contributed by atoms with Crippen LogP contribution in [0.25, 0.3) is 10.9 Å². The Morgan fingerprint density at radius 1 is 1.29 bits per heavy atom. The van der Waals surface area contributed by atoms with Crippen molar-refractivity contribution in [1.29, 1.82) is 0 Å². The Morgan fingerprint density at radius 2 is 2.00 bits per heavy atom. The minimum absolute atomic E-state index is 0.00249. The van der Waals surface area contributed by atoms with Crippen molar-refractivity contribution in [1.82, 2.24) is 10.2 Å². The van der Waals surface area contributed by atoms with Gasteiger partial charge in [0.25, 0.3) is 0 Å². The molecule has 1 aromatic carbocycles. The number of fused-ring (bicyclic) bond motifs is 1. The Labute approximate surface area is 122 Å². The molecular formula is C15H17N3O3. The Balaban J connectivity index is 2.13. The van der Waals surface area contributed by atoms with Crippen molar-refractivity contribution in [2.24, 2.45) is 0 Å². The first-order valence-corrected chi connectivity index (χ1v) is 6.98. The maximum atomic E-state index is 11.5. The molecule has 110 valence electrons. The van der Waals surface area contributed by atoms with Gasteiger partial charge in [0, 0.05) is 31.7 Å². The van der Waals surface area contributed by atoms with Crippen molar-refractivity contribution in [3.05, 3.63) is 30.0 Å². The third-order valence-corrected chi connectivity index (χ3v) is 3.94. The van der Waals surface area contributed by atoms with Crippen LogP contribution in [-0.4, -0.2) is 47.6 Å². The summed E-state index contributed by atoms with van der Waals surface area (Å²) in [4.78, 5) is 13.5. The molecule has 0 spiro atoms.